The van der Waals surface area contributed by atoms with E-state index in [2.05, 4.69) is 24.9 Å². The van der Waals surface area contributed by atoms with E-state index in [0.29, 0.717) is 5.50 Å². The summed E-state index contributed by atoms with van der Waals surface area (Å²) in [6.07, 6.45) is 1.53. The maximum absolute atomic E-state index is 10.8. The van der Waals surface area contributed by atoms with Crippen molar-refractivity contribution in [2.24, 2.45) is 5.92 Å². The molecule has 2 atom stereocenters. The van der Waals surface area contributed by atoms with Gasteiger partial charge >= 0.3 is 5.97 Å². The third-order valence-corrected chi connectivity index (χ3v) is 4.46. The van der Waals surface area contributed by atoms with Crippen LogP contribution in [-0.4, -0.2) is 34.6 Å². The first-order valence-electron chi connectivity index (χ1n) is 5.01. The summed E-state index contributed by atoms with van der Waals surface area (Å²) < 4.78 is 0. The maximum Gasteiger partial charge on any atom is 0.306 e. The number of aliphatic carboxylic acids is 1. The lowest BCUT2D eigenvalue weighted by molar-refractivity contribution is -0.143. The molecule has 1 fully saturated rings. The van der Waals surface area contributed by atoms with Crippen molar-refractivity contribution >= 4 is 27.0 Å². The second-order valence-corrected chi connectivity index (χ2v) is 5.43. The van der Waals surface area contributed by atoms with Crippen LogP contribution >= 0.6 is 21.0 Å². The molecular formula is C9H15N2O2PS. The number of nitrogens with zero attached hydrogens (tertiary/aromatic N) is 1. The van der Waals surface area contributed by atoms with E-state index in [1.807, 2.05) is 0 Å². The van der Waals surface area contributed by atoms with Crippen molar-refractivity contribution in [2.45, 2.75) is 18.3 Å². The number of thioether (sulfide) groups is 1. The molecule has 0 aromatic heterocycles. The van der Waals surface area contributed by atoms with Crippen LogP contribution in [0.5, 0.6) is 0 Å². The molecule has 0 amide bonds. The van der Waals surface area contributed by atoms with Gasteiger partial charge in [-0.15, -0.1) is 0 Å². The number of carboxylic acids is 1. The van der Waals surface area contributed by atoms with Crippen LogP contribution < -0.4 is 5.32 Å². The fourth-order valence-corrected chi connectivity index (χ4v) is 3.35. The van der Waals surface area contributed by atoms with Crippen LogP contribution in [-0.2, 0) is 4.79 Å². The molecule has 2 aliphatic rings. The van der Waals surface area contributed by atoms with Crippen LogP contribution in [0.3, 0.4) is 0 Å². The SMILES string of the molecule is O=C(O)C1CCN([C@@H]2NC(P)=CS2)CC1. The lowest BCUT2D eigenvalue weighted by Gasteiger charge is -2.34. The van der Waals surface area contributed by atoms with Gasteiger partial charge in [0.05, 0.1) is 5.92 Å². The average molecular weight is 246 g/mol. The number of hydrogen-bond donors (Lipinski definition) is 2. The molecule has 0 saturated carbocycles. The van der Waals surface area contributed by atoms with E-state index in [1.165, 1.54) is 0 Å². The summed E-state index contributed by atoms with van der Waals surface area (Å²) in [5, 5.41) is 14.3. The molecule has 2 N–H and O–H groups in total. The zero-order valence-corrected chi connectivity index (χ0v) is 10.3. The second kappa shape index (κ2) is 4.73. The molecule has 84 valence electrons. The van der Waals surface area contributed by atoms with Crippen molar-refractivity contribution in [1.29, 1.82) is 0 Å². The molecule has 1 unspecified atom stereocenters. The minimum Gasteiger partial charge on any atom is -0.481 e. The van der Waals surface area contributed by atoms with Gasteiger partial charge in [-0.1, -0.05) is 21.0 Å². The summed E-state index contributed by atoms with van der Waals surface area (Å²) in [6.45, 7) is 1.74. The Balaban J connectivity index is 1.81. The number of hydrogen-bond acceptors (Lipinski definition) is 4. The number of carboxylic acid groups (broad SMARTS) is 1. The molecular weight excluding hydrogens is 231 g/mol. The summed E-state index contributed by atoms with van der Waals surface area (Å²) in [4.78, 5) is 13.1. The fraction of sp³-hybridized carbons (Fsp3) is 0.667. The van der Waals surface area contributed by atoms with Crippen molar-refractivity contribution in [3.05, 3.63) is 10.8 Å². The van der Waals surface area contributed by atoms with Gasteiger partial charge in [0.1, 0.15) is 5.50 Å². The van der Waals surface area contributed by atoms with Crippen LogP contribution in [0.4, 0.5) is 0 Å². The number of rotatable bonds is 2. The van der Waals surface area contributed by atoms with E-state index < -0.39 is 5.97 Å². The monoisotopic (exact) mass is 246 g/mol. The topological polar surface area (TPSA) is 52.6 Å². The number of carbonyl (C=O) groups is 1. The Morgan fingerprint density at radius 2 is 2.27 bits per heavy atom. The number of nitrogens with one attached hydrogen (secondary N) is 1. The number of likely N-dealkylation sites (tertiary alicyclic amines) is 1. The lowest BCUT2D eigenvalue weighted by Crippen LogP contribution is -2.45. The highest BCUT2D eigenvalue weighted by atomic mass is 32.2. The molecule has 0 aliphatic carbocycles. The molecule has 0 radical (unpaired) electrons. The summed E-state index contributed by atoms with van der Waals surface area (Å²) in [5.74, 6) is -0.789. The fourth-order valence-electron chi connectivity index (χ4n) is 1.91. The van der Waals surface area contributed by atoms with Gasteiger partial charge < -0.3 is 10.4 Å². The minimum atomic E-state index is -0.647. The Kier molecular flexibility index (Phi) is 3.54. The van der Waals surface area contributed by atoms with Crippen molar-refractivity contribution in [2.75, 3.05) is 13.1 Å². The average Bonchev–Trinajstić information content (AvgIpc) is 2.65. The van der Waals surface area contributed by atoms with Gasteiger partial charge in [-0.05, 0) is 18.2 Å². The first-order valence-corrected chi connectivity index (χ1v) is 6.53. The molecule has 0 aromatic carbocycles. The maximum atomic E-state index is 10.8. The number of piperidine rings is 1. The third kappa shape index (κ3) is 2.65. The molecule has 2 aliphatic heterocycles. The Labute approximate surface area is 95.7 Å². The van der Waals surface area contributed by atoms with Crippen LogP contribution in [0.1, 0.15) is 12.8 Å². The third-order valence-electron chi connectivity index (χ3n) is 2.82. The highest BCUT2D eigenvalue weighted by Gasteiger charge is 2.29. The quantitative estimate of drug-likeness (QED) is 0.714. The van der Waals surface area contributed by atoms with Gasteiger partial charge in [-0.25, -0.2) is 0 Å². The molecule has 4 nitrogen and oxygen atoms in total. The molecule has 2 rings (SSSR count). The predicted molar refractivity (Wildman–Crippen MR) is 64.2 cm³/mol. The van der Waals surface area contributed by atoms with E-state index in [9.17, 15) is 4.79 Å². The molecule has 2 heterocycles. The van der Waals surface area contributed by atoms with Gasteiger partial charge in [-0.3, -0.25) is 9.69 Å². The van der Waals surface area contributed by atoms with Gasteiger partial charge in [-0.2, -0.15) is 0 Å². The Morgan fingerprint density at radius 1 is 1.60 bits per heavy atom. The van der Waals surface area contributed by atoms with E-state index in [-0.39, 0.29) is 5.92 Å². The molecule has 1 saturated heterocycles. The Bertz CT molecular complexity index is 290. The van der Waals surface area contributed by atoms with E-state index >= 15 is 0 Å². The predicted octanol–water partition coefficient (Wildman–Crippen LogP) is 1.08. The summed E-state index contributed by atoms with van der Waals surface area (Å²) in [7, 11) is 2.65. The van der Waals surface area contributed by atoms with Crippen LogP contribution in [0.25, 0.3) is 0 Å². The smallest absolute Gasteiger partial charge is 0.306 e. The van der Waals surface area contributed by atoms with Gasteiger partial charge in [0.25, 0.3) is 0 Å². The standard InChI is InChI=1S/C9H15N2O2PS/c12-8(13)6-1-3-11(4-2-6)9-10-7(14)5-15-9/h5-6,9-10H,1-4,14H2,(H,12,13)/t9-/m0/s1. The largest absolute Gasteiger partial charge is 0.481 e. The van der Waals surface area contributed by atoms with Gasteiger partial charge in [0.2, 0.25) is 0 Å². The molecule has 0 aromatic rings. The van der Waals surface area contributed by atoms with Crippen molar-refractivity contribution < 1.29 is 9.90 Å². The summed E-state index contributed by atoms with van der Waals surface area (Å²) in [6, 6.07) is 0. The zero-order valence-electron chi connectivity index (χ0n) is 8.35. The van der Waals surface area contributed by atoms with E-state index in [0.717, 1.165) is 31.4 Å². The van der Waals surface area contributed by atoms with Crippen molar-refractivity contribution in [3.63, 3.8) is 0 Å². The highest BCUT2D eigenvalue weighted by Crippen LogP contribution is 2.29. The highest BCUT2D eigenvalue weighted by molar-refractivity contribution is 8.03. The molecule has 0 bridgehead atoms. The van der Waals surface area contributed by atoms with E-state index in [1.54, 1.807) is 11.8 Å². The first-order chi connectivity index (χ1) is 7.16. The molecule has 15 heavy (non-hydrogen) atoms. The van der Waals surface area contributed by atoms with Crippen molar-refractivity contribution in [1.82, 2.24) is 10.2 Å². The summed E-state index contributed by atoms with van der Waals surface area (Å²) in [5.41, 5.74) is 1.41. The van der Waals surface area contributed by atoms with Crippen LogP contribution in [0.15, 0.2) is 10.8 Å². The second-order valence-electron chi connectivity index (χ2n) is 3.85. The Morgan fingerprint density at radius 3 is 2.73 bits per heavy atom. The van der Waals surface area contributed by atoms with Crippen LogP contribution in [0, 0.1) is 5.92 Å². The molecule has 0 spiro atoms. The Hall–Kier alpha value is -0.250. The summed E-state index contributed by atoms with van der Waals surface area (Å²) >= 11 is 1.75. The molecule has 6 heteroatoms. The normalized spacial score (nSPS) is 28.6. The van der Waals surface area contributed by atoms with Crippen LogP contribution in [0.2, 0.25) is 0 Å². The lowest BCUT2D eigenvalue weighted by atomic mass is 9.97. The zero-order chi connectivity index (χ0) is 10.8. The van der Waals surface area contributed by atoms with Gasteiger partial charge in [0, 0.05) is 18.5 Å². The van der Waals surface area contributed by atoms with Gasteiger partial charge in [0.15, 0.2) is 0 Å². The first kappa shape index (κ1) is 11.2. The minimum absolute atomic E-state index is 0.143. The van der Waals surface area contributed by atoms with Crippen molar-refractivity contribution in [3.8, 4) is 0 Å². The van der Waals surface area contributed by atoms with E-state index in [4.69, 9.17) is 5.11 Å².